The molecular formula is C19H22O9. The number of esters is 3. The van der Waals surface area contributed by atoms with Gasteiger partial charge in [-0.25, -0.2) is 0 Å². The molecule has 2 heterocycles. The molecule has 6 atom stereocenters. The van der Waals surface area contributed by atoms with Crippen LogP contribution in [-0.2, 0) is 42.8 Å². The van der Waals surface area contributed by atoms with Crippen LogP contribution < -0.4 is 0 Å². The van der Waals surface area contributed by atoms with E-state index < -0.39 is 54.9 Å². The van der Waals surface area contributed by atoms with Crippen LogP contribution in [0, 0.1) is 0 Å². The topological polar surface area (TPSA) is 107 Å². The summed E-state index contributed by atoms with van der Waals surface area (Å²) in [6.07, 6.45) is -5.39. The summed E-state index contributed by atoms with van der Waals surface area (Å²) in [7, 11) is 0. The second-order valence-electron chi connectivity index (χ2n) is 6.47. The lowest BCUT2D eigenvalue weighted by Gasteiger charge is -2.40. The zero-order valence-corrected chi connectivity index (χ0v) is 15.7. The predicted molar refractivity (Wildman–Crippen MR) is 91.5 cm³/mol. The Morgan fingerprint density at radius 3 is 2.11 bits per heavy atom. The largest absolute Gasteiger partial charge is 0.463 e. The normalized spacial score (nSPS) is 31.5. The average molecular weight is 394 g/mol. The van der Waals surface area contributed by atoms with Crippen LogP contribution in [0.3, 0.4) is 0 Å². The van der Waals surface area contributed by atoms with E-state index in [0.29, 0.717) is 0 Å². The Morgan fingerprint density at radius 1 is 0.857 bits per heavy atom. The van der Waals surface area contributed by atoms with Gasteiger partial charge in [-0.3, -0.25) is 14.4 Å². The summed E-state index contributed by atoms with van der Waals surface area (Å²) in [5.41, 5.74) is 0.752. The van der Waals surface area contributed by atoms with Gasteiger partial charge < -0.3 is 28.4 Å². The lowest BCUT2D eigenvalue weighted by atomic mass is 9.98. The van der Waals surface area contributed by atoms with Crippen LogP contribution in [0.5, 0.6) is 0 Å². The van der Waals surface area contributed by atoms with Gasteiger partial charge in [0.1, 0.15) is 12.7 Å². The first-order valence-corrected chi connectivity index (χ1v) is 8.84. The molecule has 0 aromatic heterocycles. The highest BCUT2D eigenvalue weighted by Gasteiger charge is 2.56. The maximum absolute atomic E-state index is 11.7. The van der Waals surface area contributed by atoms with Gasteiger partial charge in [-0.15, -0.1) is 0 Å². The highest BCUT2D eigenvalue weighted by Crippen LogP contribution is 2.40. The van der Waals surface area contributed by atoms with Crippen molar-refractivity contribution in [2.45, 2.75) is 57.8 Å². The SMILES string of the molecule is CC(=O)OC[C@H]1O[C@@H]2OC(c3ccccc3)O[C@@H]2[C@@H](OC(C)=O)[C@@H]1OC(C)=O. The summed E-state index contributed by atoms with van der Waals surface area (Å²) in [6.45, 7) is 3.50. The van der Waals surface area contributed by atoms with Crippen molar-refractivity contribution in [3.8, 4) is 0 Å². The van der Waals surface area contributed by atoms with Gasteiger partial charge in [0, 0.05) is 26.3 Å². The number of hydrogen-bond donors (Lipinski definition) is 0. The minimum atomic E-state index is -1.03. The van der Waals surface area contributed by atoms with Crippen molar-refractivity contribution in [2.75, 3.05) is 6.61 Å². The predicted octanol–water partition coefficient (Wildman–Crippen LogP) is 1.25. The Morgan fingerprint density at radius 2 is 1.50 bits per heavy atom. The fourth-order valence-corrected chi connectivity index (χ4v) is 3.19. The van der Waals surface area contributed by atoms with Gasteiger partial charge >= 0.3 is 17.9 Å². The lowest BCUT2D eigenvalue weighted by molar-refractivity contribution is -0.264. The Balaban J connectivity index is 1.86. The van der Waals surface area contributed by atoms with E-state index in [4.69, 9.17) is 28.4 Å². The number of rotatable bonds is 5. The zero-order chi connectivity index (χ0) is 20.3. The molecule has 2 fully saturated rings. The van der Waals surface area contributed by atoms with Gasteiger partial charge in [-0.2, -0.15) is 0 Å². The van der Waals surface area contributed by atoms with Gasteiger partial charge in [0.15, 0.2) is 30.9 Å². The van der Waals surface area contributed by atoms with Crippen LogP contribution in [0.4, 0.5) is 0 Å². The van der Waals surface area contributed by atoms with Crippen molar-refractivity contribution in [3.63, 3.8) is 0 Å². The molecule has 1 aromatic rings. The summed E-state index contributed by atoms with van der Waals surface area (Å²) in [5, 5.41) is 0. The molecule has 0 radical (unpaired) electrons. The molecule has 3 rings (SSSR count). The molecule has 0 aliphatic carbocycles. The van der Waals surface area contributed by atoms with Crippen LogP contribution >= 0.6 is 0 Å². The van der Waals surface area contributed by atoms with E-state index in [9.17, 15) is 14.4 Å². The van der Waals surface area contributed by atoms with E-state index in [1.54, 1.807) is 0 Å². The molecule has 0 N–H and O–H groups in total. The molecule has 0 bridgehead atoms. The number of benzene rings is 1. The zero-order valence-electron chi connectivity index (χ0n) is 15.7. The van der Waals surface area contributed by atoms with Gasteiger partial charge in [-0.05, 0) is 0 Å². The summed E-state index contributed by atoms with van der Waals surface area (Å²) < 4.78 is 33.4. The highest BCUT2D eigenvalue weighted by atomic mass is 16.8. The molecule has 2 aliphatic heterocycles. The van der Waals surface area contributed by atoms with E-state index in [2.05, 4.69) is 0 Å². The molecule has 9 nitrogen and oxygen atoms in total. The minimum Gasteiger partial charge on any atom is -0.463 e. The number of hydrogen-bond acceptors (Lipinski definition) is 9. The van der Waals surface area contributed by atoms with Crippen LogP contribution in [0.2, 0.25) is 0 Å². The van der Waals surface area contributed by atoms with E-state index in [1.807, 2.05) is 30.3 Å². The molecule has 1 aromatic carbocycles. The second kappa shape index (κ2) is 8.68. The monoisotopic (exact) mass is 394 g/mol. The third-order valence-electron chi connectivity index (χ3n) is 4.26. The number of ether oxygens (including phenoxy) is 6. The molecule has 2 aliphatic rings. The molecule has 28 heavy (non-hydrogen) atoms. The summed E-state index contributed by atoms with van der Waals surface area (Å²) in [5.74, 6) is -1.71. The molecule has 0 saturated carbocycles. The van der Waals surface area contributed by atoms with E-state index >= 15 is 0 Å². The average Bonchev–Trinajstić information content (AvgIpc) is 3.06. The van der Waals surface area contributed by atoms with E-state index in [1.165, 1.54) is 20.8 Å². The van der Waals surface area contributed by atoms with Crippen molar-refractivity contribution >= 4 is 17.9 Å². The smallest absolute Gasteiger partial charge is 0.303 e. The van der Waals surface area contributed by atoms with Crippen molar-refractivity contribution in [1.82, 2.24) is 0 Å². The van der Waals surface area contributed by atoms with Gasteiger partial charge in [0.25, 0.3) is 0 Å². The van der Waals surface area contributed by atoms with Crippen LogP contribution in [-0.4, -0.2) is 55.2 Å². The van der Waals surface area contributed by atoms with Crippen LogP contribution in [0.25, 0.3) is 0 Å². The van der Waals surface area contributed by atoms with Gasteiger partial charge in [-0.1, -0.05) is 30.3 Å². The van der Waals surface area contributed by atoms with Crippen LogP contribution in [0.15, 0.2) is 30.3 Å². The lowest BCUT2D eigenvalue weighted by Crippen LogP contribution is -2.60. The Labute approximate surface area is 161 Å². The fraction of sp³-hybridized carbons (Fsp3) is 0.526. The van der Waals surface area contributed by atoms with Gasteiger partial charge in [0.2, 0.25) is 0 Å². The maximum Gasteiger partial charge on any atom is 0.303 e. The third kappa shape index (κ3) is 4.67. The second-order valence-corrected chi connectivity index (χ2v) is 6.47. The first kappa shape index (κ1) is 20.2. The molecule has 0 amide bonds. The maximum atomic E-state index is 11.7. The Kier molecular flexibility index (Phi) is 6.28. The van der Waals surface area contributed by atoms with Crippen molar-refractivity contribution in [3.05, 3.63) is 35.9 Å². The quantitative estimate of drug-likeness (QED) is 0.539. The Hall–Kier alpha value is -2.49. The van der Waals surface area contributed by atoms with Crippen molar-refractivity contribution in [1.29, 1.82) is 0 Å². The molecule has 0 spiro atoms. The molecular weight excluding hydrogens is 372 g/mol. The summed E-state index contributed by atoms with van der Waals surface area (Å²) >= 11 is 0. The fourth-order valence-electron chi connectivity index (χ4n) is 3.19. The van der Waals surface area contributed by atoms with E-state index in [0.717, 1.165) is 5.56 Å². The summed E-state index contributed by atoms with van der Waals surface area (Å²) in [6, 6.07) is 9.17. The highest BCUT2D eigenvalue weighted by molar-refractivity contribution is 5.67. The summed E-state index contributed by atoms with van der Waals surface area (Å²) in [4.78, 5) is 34.5. The van der Waals surface area contributed by atoms with Gasteiger partial charge in [0.05, 0.1) is 0 Å². The minimum absolute atomic E-state index is 0.201. The van der Waals surface area contributed by atoms with Crippen molar-refractivity contribution < 1.29 is 42.8 Å². The number of fused-ring (bicyclic) bond motifs is 1. The molecule has 9 heteroatoms. The Bertz CT molecular complexity index is 719. The molecule has 1 unspecified atom stereocenters. The van der Waals surface area contributed by atoms with Crippen LogP contribution in [0.1, 0.15) is 32.6 Å². The molecule has 2 saturated heterocycles. The van der Waals surface area contributed by atoms with E-state index in [-0.39, 0.29) is 6.61 Å². The third-order valence-corrected chi connectivity index (χ3v) is 4.26. The number of carbonyl (C=O) groups is 3. The van der Waals surface area contributed by atoms with Crippen molar-refractivity contribution in [2.24, 2.45) is 0 Å². The number of carbonyl (C=O) groups excluding carboxylic acids is 3. The first-order valence-electron chi connectivity index (χ1n) is 8.84. The standard InChI is InChI=1S/C19H22O9/c1-10(20)23-9-14-15(24-11(2)21)16(25-12(3)22)17-19(26-14)28-18(27-17)13-7-5-4-6-8-13/h4-8,14-19H,9H2,1-3H3/t14-,15-,16+,17-,18?,19-/m1/s1. The first-order chi connectivity index (χ1) is 13.3. The molecule has 152 valence electrons.